The maximum atomic E-state index is 11.3. The van der Waals surface area contributed by atoms with E-state index in [-0.39, 0.29) is 18.4 Å². The van der Waals surface area contributed by atoms with Crippen LogP contribution in [0.2, 0.25) is 0 Å². The summed E-state index contributed by atoms with van der Waals surface area (Å²) in [6.45, 7) is 18.0. The third kappa shape index (κ3) is 7.24. The van der Waals surface area contributed by atoms with Gasteiger partial charge in [0.05, 0.1) is 25.8 Å². The number of aldehydes is 1. The average molecular weight is 520 g/mol. The van der Waals surface area contributed by atoms with Crippen LogP contribution in [0.15, 0.2) is 18.2 Å². The number of unbranched alkanes of at least 4 members (excludes halogenated alkanes) is 1. The number of piperazine rings is 1. The lowest BCUT2D eigenvalue weighted by molar-refractivity contribution is -0.111. The number of morpholine rings is 1. The summed E-state index contributed by atoms with van der Waals surface area (Å²) >= 11 is 0. The summed E-state index contributed by atoms with van der Waals surface area (Å²) in [4.78, 5) is 18.9. The van der Waals surface area contributed by atoms with Gasteiger partial charge in [-0.1, -0.05) is 46.2 Å². The van der Waals surface area contributed by atoms with E-state index in [2.05, 4.69) is 60.6 Å². The number of nitrogens with zero attached hydrogens (tertiary/aromatic N) is 3. The van der Waals surface area contributed by atoms with Gasteiger partial charge in [0.2, 0.25) is 0 Å². The molecule has 1 atom stereocenters. The van der Waals surface area contributed by atoms with Crippen molar-refractivity contribution in [1.82, 2.24) is 9.80 Å². The van der Waals surface area contributed by atoms with Crippen molar-refractivity contribution in [2.75, 3.05) is 63.9 Å². The first-order chi connectivity index (χ1) is 16.9. The van der Waals surface area contributed by atoms with Crippen LogP contribution in [-0.4, -0.2) is 75.1 Å². The molecule has 1 saturated carbocycles. The molecular weight excluding hydrogens is 470 g/mol. The first-order valence-electron chi connectivity index (χ1n) is 14.3. The van der Waals surface area contributed by atoms with Gasteiger partial charge in [-0.15, -0.1) is 12.4 Å². The van der Waals surface area contributed by atoms with E-state index in [1.807, 2.05) is 0 Å². The summed E-state index contributed by atoms with van der Waals surface area (Å²) in [6, 6.07) is 7.40. The van der Waals surface area contributed by atoms with Gasteiger partial charge in [-0.2, -0.15) is 0 Å². The fourth-order valence-corrected chi connectivity index (χ4v) is 6.51. The van der Waals surface area contributed by atoms with Gasteiger partial charge in [0.15, 0.2) is 0 Å². The van der Waals surface area contributed by atoms with Crippen LogP contribution in [0.5, 0.6) is 0 Å². The predicted octanol–water partition coefficient (Wildman–Crippen LogP) is 5.92. The van der Waals surface area contributed by atoms with Crippen LogP contribution in [0, 0.1) is 11.3 Å². The fourth-order valence-electron chi connectivity index (χ4n) is 6.51. The van der Waals surface area contributed by atoms with Gasteiger partial charge in [0.1, 0.15) is 6.29 Å². The molecule has 5 nitrogen and oxygen atoms in total. The van der Waals surface area contributed by atoms with E-state index in [4.69, 9.17) is 4.74 Å². The molecule has 1 aliphatic carbocycles. The molecule has 0 amide bonds. The van der Waals surface area contributed by atoms with Gasteiger partial charge in [0.25, 0.3) is 0 Å². The summed E-state index contributed by atoms with van der Waals surface area (Å²) in [5, 5.41) is 0. The Hall–Kier alpha value is -1.14. The molecule has 3 fully saturated rings. The first-order valence-corrected chi connectivity index (χ1v) is 14.3. The Labute approximate surface area is 226 Å². The zero-order valence-corrected chi connectivity index (χ0v) is 24.0. The Bertz CT molecular complexity index is 811. The zero-order chi connectivity index (χ0) is 24.8. The van der Waals surface area contributed by atoms with E-state index < -0.39 is 0 Å². The highest BCUT2D eigenvalue weighted by molar-refractivity contribution is 5.85. The maximum Gasteiger partial charge on any atom is 0.134 e. The molecule has 0 aromatic heterocycles. The van der Waals surface area contributed by atoms with E-state index in [0.29, 0.717) is 31.1 Å². The van der Waals surface area contributed by atoms with Crippen molar-refractivity contribution in [2.24, 2.45) is 11.3 Å². The van der Waals surface area contributed by atoms with Crippen LogP contribution >= 0.6 is 12.4 Å². The van der Waals surface area contributed by atoms with E-state index in [9.17, 15) is 4.79 Å². The molecule has 6 heteroatoms. The average Bonchev–Trinajstić information content (AvgIpc) is 2.87. The third-order valence-electron chi connectivity index (χ3n) is 8.92. The molecule has 2 heterocycles. The minimum absolute atomic E-state index is 0. The molecule has 36 heavy (non-hydrogen) atoms. The summed E-state index contributed by atoms with van der Waals surface area (Å²) in [5.74, 6) is 1.49. The Balaban J connectivity index is 0.00000361. The number of benzene rings is 1. The topological polar surface area (TPSA) is 36.0 Å². The Morgan fingerprint density at radius 2 is 1.75 bits per heavy atom. The van der Waals surface area contributed by atoms with Crippen molar-refractivity contribution in [3.05, 3.63) is 29.3 Å². The number of hydrogen-bond donors (Lipinski definition) is 0. The van der Waals surface area contributed by atoms with Crippen LogP contribution in [0.1, 0.15) is 89.3 Å². The zero-order valence-electron chi connectivity index (χ0n) is 23.2. The molecule has 0 N–H and O–H groups in total. The van der Waals surface area contributed by atoms with Gasteiger partial charge in [-0.25, -0.2) is 0 Å². The number of carbonyl (C=O) groups is 1. The van der Waals surface area contributed by atoms with Gasteiger partial charge in [0, 0.05) is 38.4 Å². The summed E-state index contributed by atoms with van der Waals surface area (Å²) < 4.78 is 5.86. The molecule has 2 saturated heterocycles. The van der Waals surface area contributed by atoms with Crippen molar-refractivity contribution < 1.29 is 9.53 Å². The van der Waals surface area contributed by atoms with Gasteiger partial charge < -0.3 is 14.4 Å². The summed E-state index contributed by atoms with van der Waals surface area (Å²) in [5.41, 5.74) is 4.73. The van der Waals surface area contributed by atoms with E-state index in [1.54, 1.807) is 5.56 Å². The highest BCUT2D eigenvalue weighted by Gasteiger charge is 2.33. The van der Waals surface area contributed by atoms with Crippen LogP contribution in [0.4, 0.5) is 5.69 Å². The molecule has 4 rings (SSSR count). The highest BCUT2D eigenvalue weighted by atomic mass is 35.5. The van der Waals surface area contributed by atoms with E-state index >= 15 is 0 Å². The van der Waals surface area contributed by atoms with Gasteiger partial charge >= 0.3 is 0 Å². The fraction of sp³-hybridized carbons (Fsp3) is 0.767. The molecule has 204 valence electrons. The smallest absolute Gasteiger partial charge is 0.134 e. The van der Waals surface area contributed by atoms with Crippen molar-refractivity contribution in [1.29, 1.82) is 0 Å². The highest BCUT2D eigenvalue weighted by Crippen LogP contribution is 2.46. The number of hydrogen-bond acceptors (Lipinski definition) is 5. The SMILES string of the molecule is CCCCN1CCN(c2cc(C3COCCN3CC=O)ccc2C2CCC(C(C)(C)C)CC2)CC1.Cl. The van der Waals surface area contributed by atoms with Crippen LogP contribution in [0.3, 0.4) is 0 Å². The van der Waals surface area contributed by atoms with Crippen LogP contribution in [0.25, 0.3) is 0 Å². The Morgan fingerprint density at radius 3 is 2.39 bits per heavy atom. The first kappa shape index (κ1) is 29.4. The minimum atomic E-state index is 0. The second kappa shape index (κ2) is 13.6. The Morgan fingerprint density at radius 1 is 1.03 bits per heavy atom. The number of rotatable bonds is 8. The lowest BCUT2D eigenvalue weighted by Crippen LogP contribution is -2.47. The monoisotopic (exact) mass is 519 g/mol. The minimum Gasteiger partial charge on any atom is -0.378 e. The standard InChI is InChI=1S/C30H49N3O2.ClH/c1-5-6-13-31-14-16-32(17-15-31)28-22-25(29-23-35-21-19-33(29)18-20-34)9-12-27(28)24-7-10-26(11-8-24)30(2,3)4;/h9,12,20,22,24,26,29H,5-8,10-11,13-19,21,23H2,1-4H3;1H. The van der Waals surface area contributed by atoms with Crippen molar-refractivity contribution in [3.63, 3.8) is 0 Å². The molecule has 0 radical (unpaired) electrons. The van der Waals surface area contributed by atoms with Gasteiger partial charge in [-0.05, 0) is 73.1 Å². The lowest BCUT2D eigenvalue weighted by atomic mass is 9.68. The van der Waals surface area contributed by atoms with Crippen molar-refractivity contribution in [3.8, 4) is 0 Å². The lowest BCUT2D eigenvalue weighted by Gasteiger charge is -2.41. The van der Waals surface area contributed by atoms with Crippen LogP contribution < -0.4 is 4.90 Å². The maximum absolute atomic E-state index is 11.3. The summed E-state index contributed by atoms with van der Waals surface area (Å²) in [7, 11) is 0. The largest absolute Gasteiger partial charge is 0.378 e. The third-order valence-corrected chi connectivity index (χ3v) is 8.92. The number of ether oxygens (including phenoxy) is 1. The molecule has 3 aliphatic rings. The molecule has 2 aliphatic heterocycles. The van der Waals surface area contributed by atoms with Gasteiger partial charge in [-0.3, -0.25) is 9.80 Å². The second-order valence-electron chi connectivity index (χ2n) is 12.2. The molecule has 1 aromatic rings. The van der Waals surface area contributed by atoms with E-state index in [1.165, 1.54) is 56.3 Å². The number of halogens is 1. The van der Waals surface area contributed by atoms with Crippen molar-refractivity contribution >= 4 is 24.4 Å². The summed E-state index contributed by atoms with van der Waals surface area (Å²) in [6.07, 6.45) is 8.88. The molecular formula is C30H50ClN3O2. The quantitative estimate of drug-likeness (QED) is 0.398. The molecule has 1 aromatic carbocycles. The molecule has 0 spiro atoms. The molecule has 1 unspecified atom stereocenters. The predicted molar refractivity (Wildman–Crippen MR) is 153 cm³/mol. The van der Waals surface area contributed by atoms with Crippen LogP contribution in [-0.2, 0) is 9.53 Å². The normalized spacial score (nSPS) is 26.4. The Kier molecular flexibility index (Phi) is 11.1. The number of carbonyl (C=O) groups excluding carboxylic acids is 1. The van der Waals surface area contributed by atoms with Crippen molar-refractivity contribution in [2.45, 2.75) is 78.2 Å². The molecule has 0 bridgehead atoms. The second-order valence-corrected chi connectivity index (χ2v) is 12.2. The van der Waals surface area contributed by atoms with E-state index in [0.717, 1.165) is 44.9 Å². The number of anilines is 1.